The molecule has 1 heterocycles. The average Bonchev–Trinajstić information content (AvgIpc) is 2.91. The van der Waals surface area contributed by atoms with Gasteiger partial charge in [-0.3, -0.25) is 0 Å². The van der Waals surface area contributed by atoms with Crippen LogP contribution in [0.5, 0.6) is 0 Å². The number of hydrogen-bond acceptors (Lipinski definition) is 4. The fraction of sp³-hybridized carbons (Fsp3) is 0.474. The highest BCUT2D eigenvalue weighted by Crippen LogP contribution is 2.21. The Kier molecular flexibility index (Phi) is 7.02. The predicted octanol–water partition coefficient (Wildman–Crippen LogP) is 5.28. The van der Waals surface area contributed by atoms with Gasteiger partial charge in [0.15, 0.2) is 0 Å². The molecule has 2 aromatic rings. The Bertz CT molecular complexity index is 692. The van der Waals surface area contributed by atoms with Gasteiger partial charge in [-0.25, -0.2) is 9.78 Å². The molecule has 0 aliphatic carbocycles. The molecule has 4 nitrogen and oxygen atoms in total. The lowest BCUT2D eigenvalue weighted by atomic mass is 10.0. The summed E-state index contributed by atoms with van der Waals surface area (Å²) < 4.78 is 6.44. The number of benzene rings is 1. The van der Waals surface area contributed by atoms with Crippen LogP contribution < -0.4 is 5.32 Å². The van der Waals surface area contributed by atoms with Crippen LogP contribution in [0.25, 0.3) is 0 Å². The van der Waals surface area contributed by atoms with Gasteiger partial charge >= 0.3 is 6.09 Å². The van der Waals surface area contributed by atoms with E-state index in [1.165, 1.54) is 11.1 Å². The van der Waals surface area contributed by atoms with E-state index in [0.717, 1.165) is 28.1 Å². The molecule has 0 fully saturated rings. The van der Waals surface area contributed by atoms with Gasteiger partial charge in [-0.05, 0) is 62.0 Å². The van der Waals surface area contributed by atoms with Crippen LogP contribution in [-0.2, 0) is 17.6 Å². The first-order valence-electron chi connectivity index (χ1n) is 8.36. The molecule has 0 aliphatic heterocycles. The monoisotopic (exact) mass is 424 g/mol. The summed E-state index contributed by atoms with van der Waals surface area (Å²) in [6, 6.07) is 8.41. The third-order valence-electron chi connectivity index (χ3n) is 3.56. The third kappa shape index (κ3) is 7.57. The van der Waals surface area contributed by atoms with E-state index in [1.54, 1.807) is 11.3 Å². The Morgan fingerprint density at radius 3 is 2.56 bits per heavy atom. The van der Waals surface area contributed by atoms with Crippen LogP contribution in [0.15, 0.2) is 34.2 Å². The van der Waals surface area contributed by atoms with Gasteiger partial charge in [0.25, 0.3) is 0 Å². The van der Waals surface area contributed by atoms with Gasteiger partial charge in [-0.15, -0.1) is 11.3 Å². The van der Waals surface area contributed by atoms with Gasteiger partial charge in [0.1, 0.15) is 5.60 Å². The van der Waals surface area contributed by atoms with Gasteiger partial charge in [0.05, 0.1) is 15.0 Å². The maximum atomic E-state index is 12.2. The van der Waals surface area contributed by atoms with Gasteiger partial charge < -0.3 is 10.1 Å². The van der Waals surface area contributed by atoms with Crippen molar-refractivity contribution in [1.82, 2.24) is 10.3 Å². The number of amides is 1. The fourth-order valence-electron chi connectivity index (χ4n) is 2.41. The molecule has 0 saturated heterocycles. The maximum Gasteiger partial charge on any atom is 0.407 e. The molecule has 0 spiro atoms. The summed E-state index contributed by atoms with van der Waals surface area (Å²) >= 11 is 5.07. The lowest BCUT2D eigenvalue weighted by Crippen LogP contribution is -2.40. The summed E-state index contributed by atoms with van der Waals surface area (Å²) in [5.74, 6) is 0. The molecule has 25 heavy (non-hydrogen) atoms. The lowest BCUT2D eigenvalue weighted by molar-refractivity contribution is 0.0501. The molecule has 136 valence electrons. The summed E-state index contributed by atoms with van der Waals surface area (Å²) in [6.07, 6.45) is 3.85. The largest absolute Gasteiger partial charge is 0.444 e. The minimum atomic E-state index is -0.501. The topological polar surface area (TPSA) is 51.2 Å². The molecule has 0 unspecified atom stereocenters. The smallest absolute Gasteiger partial charge is 0.407 e. The van der Waals surface area contributed by atoms with Crippen molar-refractivity contribution in [3.63, 3.8) is 0 Å². The summed E-state index contributed by atoms with van der Waals surface area (Å²) in [7, 11) is 0. The number of hydrogen-bond donors (Lipinski definition) is 1. The highest BCUT2D eigenvalue weighted by Gasteiger charge is 2.20. The van der Waals surface area contributed by atoms with E-state index in [2.05, 4.69) is 57.4 Å². The molecule has 2 rings (SSSR count). The number of alkyl carbamates (subject to hydrolysis) is 1. The SMILES string of the molecule is Cc1ccc(C[C@@H](CCc2ncc(Br)s2)NC(=O)OC(C)(C)C)cc1. The molecule has 1 N–H and O–H groups in total. The van der Waals surface area contributed by atoms with Gasteiger partial charge in [-0.1, -0.05) is 29.8 Å². The lowest BCUT2D eigenvalue weighted by Gasteiger charge is -2.23. The second-order valence-corrected chi connectivity index (χ2v) is 9.62. The summed E-state index contributed by atoms with van der Waals surface area (Å²) in [5, 5.41) is 4.08. The van der Waals surface area contributed by atoms with Crippen molar-refractivity contribution in [2.75, 3.05) is 0 Å². The quantitative estimate of drug-likeness (QED) is 0.685. The second kappa shape index (κ2) is 8.81. The number of carbonyl (C=O) groups excluding carboxylic acids is 1. The zero-order valence-corrected chi connectivity index (χ0v) is 17.5. The number of aromatic nitrogens is 1. The molecule has 1 amide bonds. The number of thiazole rings is 1. The zero-order chi connectivity index (χ0) is 18.4. The Labute approximate surface area is 162 Å². The fourth-order valence-corrected chi connectivity index (χ4v) is 3.73. The van der Waals surface area contributed by atoms with E-state index in [1.807, 2.05) is 27.0 Å². The molecule has 1 aromatic heterocycles. The van der Waals surface area contributed by atoms with Crippen LogP contribution >= 0.6 is 27.3 Å². The Hall–Kier alpha value is -1.40. The zero-order valence-electron chi connectivity index (χ0n) is 15.1. The molecule has 0 aliphatic rings. The van der Waals surface area contributed by atoms with Gasteiger partial charge in [0, 0.05) is 12.5 Å². The highest BCUT2D eigenvalue weighted by molar-refractivity contribution is 9.11. The van der Waals surface area contributed by atoms with E-state index in [4.69, 9.17) is 4.74 Å². The van der Waals surface area contributed by atoms with Crippen molar-refractivity contribution < 1.29 is 9.53 Å². The molecule has 1 atom stereocenters. The molecule has 1 aromatic carbocycles. The van der Waals surface area contributed by atoms with Crippen molar-refractivity contribution in [3.05, 3.63) is 50.4 Å². The van der Waals surface area contributed by atoms with Crippen molar-refractivity contribution in [2.24, 2.45) is 0 Å². The number of nitrogens with zero attached hydrogens (tertiary/aromatic N) is 1. The van der Waals surface area contributed by atoms with E-state index in [-0.39, 0.29) is 12.1 Å². The molecular formula is C19H25BrN2O2S. The number of nitrogens with one attached hydrogen (secondary N) is 1. The first-order valence-corrected chi connectivity index (χ1v) is 9.97. The van der Waals surface area contributed by atoms with Crippen molar-refractivity contribution in [3.8, 4) is 0 Å². The Morgan fingerprint density at radius 2 is 2.00 bits per heavy atom. The van der Waals surface area contributed by atoms with Crippen LogP contribution in [-0.4, -0.2) is 22.7 Å². The minimum Gasteiger partial charge on any atom is -0.444 e. The van der Waals surface area contributed by atoms with Crippen molar-refractivity contribution >= 4 is 33.4 Å². The molecule has 0 radical (unpaired) electrons. The van der Waals surface area contributed by atoms with Crippen LogP contribution in [0, 0.1) is 6.92 Å². The number of halogens is 1. The summed E-state index contributed by atoms with van der Waals surface area (Å²) in [4.78, 5) is 16.5. The van der Waals surface area contributed by atoms with E-state index >= 15 is 0 Å². The molecule has 0 bridgehead atoms. The Morgan fingerprint density at radius 1 is 1.32 bits per heavy atom. The molecule has 6 heteroatoms. The van der Waals surface area contributed by atoms with E-state index < -0.39 is 5.60 Å². The average molecular weight is 425 g/mol. The number of carbonyl (C=O) groups is 1. The molecular weight excluding hydrogens is 400 g/mol. The Balaban J connectivity index is 2.01. The number of rotatable bonds is 6. The normalized spacial score (nSPS) is 12.7. The maximum absolute atomic E-state index is 12.2. The van der Waals surface area contributed by atoms with Gasteiger partial charge in [0.2, 0.25) is 0 Å². The third-order valence-corrected chi connectivity index (χ3v) is 5.09. The predicted molar refractivity (Wildman–Crippen MR) is 106 cm³/mol. The minimum absolute atomic E-state index is 0.000214. The number of aryl methyl sites for hydroxylation is 2. The van der Waals surface area contributed by atoms with E-state index in [0.29, 0.717) is 0 Å². The van der Waals surface area contributed by atoms with Gasteiger partial charge in [-0.2, -0.15) is 0 Å². The first kappa shape index (κ1) is 19.9. The van der Waals surface area contributed by atoms with E-state index in [9.17, 15) is 4.79 Å². The molecule has 0 saturated carbocycles. The van der Waals surface area contributed by atoms with Crippen molar-refractivity contribution in [1.29, 1.82) is 0 Å². The highest BCUT2D eigenvalue weighted by atomic mass is 79.9. The number of ether oxygens (including phenoxy) is 1. The summed E-state index contributed by atoms with van der Waals surface area (Å²) in [5.41, 5.74) is 1.93. The first-order chi connectivity index (χ1) is 11.7. The standard InChI is InChI=1S/C19H25BrN2O2S/c1-13-5-7-14(8-6-13)11-15(22-18(23)24-19(2,3)4)9-10-17-21-12-16(20)25-17/h5-8,12,15H,9-11H2,1-4H3,(H,22,23)/t15-/m1/s1. The summed E-state index contributed by atoms with van der Waals surface area (Å²) in [6.45, 7) is 7.68. The van der Waals surface area contributed by atoms with Crippen LogP contribution in [0.1, 0.15) is 43.3 Å². The van der Waals surface area contributed by atoms with Crippen LogP contribution in [0.3, 0.4) is 0 Å². The van der Waals surface area contributed by atoms with Crippen molar-refractivity contribution in [2.45, 2.75) is 58.6 Å². The van der Waals surface area contributed by atoms with Crippen LogP contribution in [0.4, 0.5) is 4.79 Å². The second-order valence-electron chi connectivity index (χ2n) is 7.13. The van der Waals surface area contributed by atoms with Crippen LogP contribution in [0.2, 0.25) is 0 Å².